The molecule has 0 bridgehead atoms. The van der Waals surface area contributed by atoms with Crippen LogP contribution in [0.1, 0.15) is 42.9 Å². The molecule has 0 unspecified atom stereocenters. The molecule has 0 aliphatic heterocycles. The predicted octanol–water partition coefficient (Wildman–Crippen LogP) is 8.96. The van der Waals surface area contributed by atoms with E-state index in [4.69, 9.17) is 11.6 Å². The van der Waals surface area contributed by atoms with Crippen molar-refractivity contribution in [3.8, 4) is 11.1 Å². The molecule has 0 N–H and O–H groups in total. The van der Waals surface area contributed by atoms with Gasteiger partial charge in [0.05, 0.1) is 5.02 Å². The molecule has 4 rings (SSSR count). The summed E-state index contributed by atoms with van der Waals surface area (Å²) >= 11 is 5.74. The molecule has 32 heavy (non-hydrogen) atoms. The summed E-state index contributed by atoms with van der Waals surface area (Å²) in [6, 6.07) is 23.1. The smallest absolute Gasteiger partial charge is 0.142 e. The molecule has 3 heteroatoms. The van der Waals surface area contributed by atoms with Crippen molar-refractivity contribution >= 4 is 22.4 Å². The zero-order valence-electron chi connectivity index (χ0n) is 18.3. The first-order valence-corrected chi connectivity index (χ1v) is 11.7. The maximum Gasteiger partial charge on any atom is 0.142 e. The lowest BCUT2D eigenvalue weighted by Gasteiger charge is -2.10. The normalized spacial score (nSPS) is 11.2. The SMILES string of the molecule is CCCCCc1ccc(-c2ccc3c(F)c(CCc4ccc(Cl)c(F)c4)ccc3c2)cc1. The van der Waals surface area contributed by atoms with Crippen LogP contribution in [0.15, 0.2) is 72.8 Å². The van der Waals surface area contributed by atoms with Crippen molar-refractivity contribution in [1.82, 2.24) is 0 Å². The zero-order valence-corrected chi connectivity index (χ0v) is 19.1. The van der Waals surface area contributed by atoms with Gasteiger partial charge in [-0.1, -0.05) is 86.0 Å². The number of benzene rings is 4. The van der Waals surface area contributed by atoms with E-state index < -0.39 is 5.82 Å². The topological polar surface area (TPSA) is 0 Å². The van der Waals surface area contributed by atoms with Crippen LogP contribution in [0.4, 0.5) is 8.78 Å². The number of unbranched alkanes of at least 4 members (excludes halogenated alkanes) is 2. The predicted molar refractivity (Wildman–Crippen MR) is 131 cm³/mol. The van der Waals surface area contributed by atoms with Gasteiger partial charge in [-0.05, 0) is 77.1 Å². The summed E-state index contributed by atoms with van der Waals surface area (Å²) in [4.78, 5) is 0. The lowest BCUT2D eigenvalue weighted by atomic mass is 9.96. The largest absolute Gasteiger partial charge is 0.206 e. The Morgan fingerprint density at radius 3 is 2.19 bits per heavy atom. The number of fused-ring (bicyclic) bond motifs is 1. The van der Waals surface area contributed by atoms with Gasteiger partial charge in [0.15, 0.2) is 0 Å². The van der Waals surface area contributed by atoms with Gasteiger partial charge in [-0.3, -0.25) is 0 Å². The average molecular weight is 449 g/mol. The van der Waals surface area contributed by atoms with Gasteiger partial charge < -0.3 is 0 Å². The Hall–Kier alpha value is -2.71. The van der Waals surface area contributed by atoms with Gasteiger partial charge in [0, 0.05) is 5.39 Å². The number of hydrogen-bond donors (Lipinski definition) is 0. The highest BCUT2D eigenvalue weighted by atomic mass is 35.5. The summed E-state index contributed by atoms with van der Waals surface area (Å²) in [6.45, 7) is 2.22. The van der Waals surface area contributed by atoms with Gasteiger partial charge >= 0.3 is 0 Å². The van der Waals surface area contributed by atoms with E-state index in [0.29, 0.717) is 23.8 Å². The lowest BCUT2D eigenvalue weighted by molar-refractivity contribution is 0.617. The van der Waals surface area contributed by atoms with E-state index >= 15 is 4.39 Å². The standard InChI is InChI=1S/C29H27ClF2/c1-2-3-4-5-20-6-10-22(11-7-20)24-15-16-26-25(19-24)14-13-23(29(26)32)12-8-21-9-17-27(30)28(31)18-21/h6-7,9-11,13-19H,2-5,8,12H2,1H3. The minimum Gasteiger partial charge on any atom is -0.206 e. The van der Waals surface area contributed by atoms with E-state index in [0.717, 1.165) is 28.5 Å². The fourth-order valence-corrected chi connectivity index (χ4v) is 4.24. The van der Waals surface area contributed by atoms with Gasteiger partial charge in [0.1, 0.15) is 11.6 Å². The summed E-state index contributed by atoms with van der Waals surface area (Å²) in [5, 5.41) is 1.60. The minimum atomic E-state index is -0.440. The first-order valence-electron chi connectivity index (χ1n) is 11.3. The Kier molecular flexibility index (Phi) is 7.22. The van der Waals surface area contributed by atoms with Crippen LogP contribution in [0.25, 0.3) is 21.9 Å². The molecule has 4 aromatic rings. The molecule has 0 saturated heterocycles. The van der Waals surface area contributed by atoms with Gasteiger partial charge in [0.2, 0.25) is 0 Å². The van der Waals surface area contributed by atoms with Crippen LogP contribution in [-0.2, 0) is 19.3 Å². The van der Waals surface area contributed by atoms with Crippen LogP contribution in [-0.4, -0.2) is 0 Å². The Balaban J connectivity index is 1.51. The molecule has 0 atom stereocenters. The van der Waals surface area contributed by atoms with E-state index in [1.165, 1.54) is 30.9 Å². The molecule has 0 aromatic heterocycles. The van der Waals surface area contributed by atoms with Crippen LogP contribution >= 0.6 is 11.6 Å². The molecule has 0 heterocycles. The van der Waals surface area contributed by atoms with Crippen molar-refractivity contribution < 1.29 is 8.78 Å². The van der Waals surface area contributed by atoms with E-state index in [-0.39, 0.29) is 10.8 Å². The average Bonchev–Trinajstić information content (AvgIpc) is 2.81. The maximum atomic E-state index is 15.2. The molecule has 164 valence electrons. The monoisotopic (exact) mass is 448 g/mol. The Labute approximate surface area is 193 Å². The summed E-state index contributed by atoms with van der Waals surface area (Å²) in [6.07, 6.45) is 5.88. The second kappa shape index (κ2) is 10.3. The Morgan fingerprint density at radius 1 is 0.688 bits per heavy atom. The summed E-state index contributed by atoms with van der Waals surface area (Å²) < 4.78 is 28.8. The number of halogens is 3. The molecule has 0 aliphatic carbocycles. The molecule has 0 spiro atoms. The number of hydrogen-bond acceptors (Lipinski definition) is 0. The van der Waals surface area contributed by atoms with Gasteiger partial charge in [-0.15, -0.1) is 0 Å². The van der Waals surface area contributed by atoms with E-state index in [1.54, 1.807) is 12.1 Å². The van der Waals surface area contributed by atoms with Crippen molar-refractivity contribution in [2.75, 3.05) is 0 Å². The van der Waals surface area contributed by atoms with Crippen molar-refractivity contribution in [2.24, 2.45) is 0 Å². The Bertz CT molecular complexity index is 1210. The van der Waals surface area contributed by atoms with Crippen molar-refractivity contribution in [3.63, 3.8) is 0 Å². The maximum absolute atomic E-state index is 15.2. The third-order valence-electron chi connectivity index (χ3n) is 6.06. The van der Waals surface area contributed by atoms with E-state index in [2.05, 4.69) is 31.2 Å². The number of rotatable bonds is 8. The van der Waals surface area contributed by atoms with Gasteiger partial charge in [-0.2, -0.15) is 0 Å². The molecule has 0 aliphatic rings. The quantitative estimate of drug-likeness (QED) is 0.236. The van der Waals surface area contributed by atoms with Crippen molar-refractivity contribution in [2.45, 2.75) is 45.4 Å². The van der Waals surface area contributed by atoms with Crippen LogP contribution in [0.5, 0.6) is 0 Å². The highest BCUT2D eigenvalue weighted by Crippen LogP contribution is 2.28. The van der Waals surface area contributed by atoms with Crippen LogP contribution in [0, 0.1) is 11.6 Å². The Morgan fingerprint density at radius 2 is 1.44 bits per heavy atom. The zero-order chi connectivity index (χ0) is 22.5. The van der Waals surface area contributed by atoms with Crippen molar-refractivity contribution in [3.05, 3.63) is 106 Å². The van der Waals surface area contributed by atoms with Crippen LogP contribution < -0.4 is 0 Å². The molecule has 0 amide bonds. The fourth-order valence-electron chi connectivity index (χ4n) is 4.13. The third kappa shape index (κ3) is 5.19. The van der Waals surface area contributed by atoms with Crippen LogP contribution in [0.3, 0.4) is 0 Å². The van der Waals surface area contributed by atoms with Crippen molar-refractivity contribution in [1.29, 1.82) is 0 Å². The second-order valence-electron chi connectivity index (χ2n) is 8.38. The highest BCUT2D eigenvalue weighted by molar-refractivity contribution is 6.30. The van der Waals surface area contributed by atoms with E-state index in [1.807, 2.05) is 30.3 Å². The molecule has 4 aromatic carbocycles. The second-order valence-corrected chi connectivity index (χ2v) is 8.78. The third-order valence-corrected chi connectivity index (χ3v) is 6.36. The fraction of sp³-hybridized carbons (Fsp3) is 0.241. The molecule has 0 saturated carbocycles. The highest BCUT2D eigenvalue weighted by Gasteiger charge is 2.10. The molecule has 0 nitrogen and oxygen atoms in total. The van der Waals surface area contributed by atoms with Crippen LogP contribution in [0.2, 0.25) is 5.02 Å². The first-order chi connectivity index (χ1) is 15.5. The number of aryl methyl sites for hydroxylation is 3. The summed E-state index contributed by atoms with van der Waals surface area (Å²) in [7, 11) is 0. The summed E-state index contributed by atoms with van der Waals surface area (Å²) in [5.41, 5.74) is 5.03. The first kappa shape index (κ1) is 22.5. The minimum absolute atomic E-state index is 0.104. The lowest BCUT2D eigenvalue weighted by Crippen LogP contribution is -1.97. The molecule has 0 radical (unpaired) electrons. The van der Waals surface area contributed by atoms with Gasteiger partial charge in [0.25, 0.3) is 0 Å². The molecule has 0 fully saturated rings. The molecular weight excluding hydrogens is 422 g/mol. The summed E-state index contributed by atoms with van der Waals surface area (Å²) in [5.74, 6) is -0.639. The van der Waals surface area contributed by atoms with Gasteiger partial charge in [-0.25, -0.2) is 8.78 Å². The van der Waals surface area contributed by atoms with E-state index in [9.17, 15) is 4.39 Å². The molecular formula is C29H27ClF2.